The highest BCUT2D eigenvalue weighted by Crippen LogP contribution is 2.43. The van der Waals surface area contributed by atoms with Crippen molar-refractivity contribution in [2.24, 2.45) is 0 Å². The summed E-state index contributed by atoms with van der Waals surface area (Å²) < 4.78 is 31.8. The number of hydrogen-bond donors (Lipinski definition) is 0. The molecular formula is C17H14BrFN2O. The number of halogens is 2. The first-order chi connectivity index (χ1) is 11.4. The van der Waals surface area contributed by atoms with E-state index < -0.39 is 18.2 Å². The molecule has 1 fully saturated rings. The van der Waals surface area contributed by atoms with Crippen molar-refractivity contribution in [2.45, 2.75) is 31.8 Å². The van der Waals surface area contributed by atoms with Gasteiger partial charge < -0.3 is 4.90 Å². The maximum Gasteiger partial charge on any atom is 0.256 e. The standard InChI is InChI=1S/C17H14BrFN2O/c18-11-6-13(10-3-4-10)14(15(19)7-11)8-21-9-16-12(17(21)22)2-1-5-20-16/h1-2,5-7,10H,3-4,8-9H2/i9D2. The first kappa shape index (κ1) is 11.8. The van der Waals surface area contributed by atoms with Gasteiger partial charge in [0.2, 0.25) is 0 Å². The lowest BCUT2D eigenvalue weighted by Crippen LogP contribution is -2.24. The Balaban J connectivity index is 1.76. The van der Waals surface area contributed by atoms with Crippen LogP contribution in [0.5, 0.6) is 0 Å². The Morgan fingerprint density at radius 1 is 1.45 bits per heavy atom. The number of benzene rings is 1. The fourth-order valence-electron chi connectivity index (χ4n) is 2.81. The van der Waals surface area contributed by atoms with Gasteiger partial charge in [0.25, 0.3) is 5.91 Å². The van der Waals surface area contributed by atoms with Crippen molar-refractivity contribution in [3.05, 3.63) is 63.1 Å². The van der Waals surface area contributed by atoms with Crippen LogP contribution < -0.4 is 0 Å². The average Bonchev–Trinajstić information content (AvgIpc) is 3.34. The SMILES string of the molecule is [2H]C1([2H])c2ncccc2C(=O)N1Cc1c(F)cc(Br)cc1C1CC1. The number of carbonyl (C=O) groups excluding carboxylic acids is 1. The molecule has 5 heteroatoms. The van der Waals surface area contributed by atoms with Crippen LogP contribution in [-0.4, -0.2) is 15.8 Å². The van der Waals surface area contributed by atoms with E-state index in [1.54, 1.807) is 12.1 Å². The first-order valence-corrected chi connectivity index (χ1v) is 7.94. The van der Waals surface area contributed by atoms with Gasteiger partial charge in [-0.1, -0.05) is 15.9 Å². The molecule has 1 saturated carbocycles. The fourth-order valence-corrected chi connectivity index (χ4v) is 3.26. The molecule has 1 aromatic carbocycles. The topological polar surface area (TPSA) is 33.2 Å². The van der Waals surface area contributed by atoms with Gasteiger partial charge in [-0.05, 0) is 48.6 Å². The van der Waals surface area contributed by atoms with Gasteiger partial charge in [0.1, 0.15) is 5.82 Å². The van der Waals surface area contributed by atoms with Crippen molar-refractivity contribution < 1.29 is 11.9 Å². The molecule has 4 rings (SSSR count). The Morgan fingerprint density at radius 2 is 2.27 bits per heavy atom. The molecule has 1 aliphatic heterocycles. The predicted molar refractivity (Wildman–Crippen MR) is 83.9 cm³/mol. The number of aromatic nitrogens is 1. The molecule has 0 radical (unpaired) electrons. The summed E-state index contributed by atoms with van der Waals surface area (Å²) in [5.74, 6) is -0.581. The van der Waals surface area contributed by atoms with Crippen LogP contribution in [0.3, 0.4) is 0 Å². The van der Waals surface area contributed by atoms with Crippen LogP contribution in [0, 0.1) is 5.82 Å². The lowest BCUT2D eigenvalue weighted by atomic mass is 10.0. The number of hydrogen-bond acceptors (Lipinski definition) is 2. The summed E-state index contributed by atoms with van der Waals surface area (Å²) in [6, 6.07) is 6.40. The second-order valence-corrected chi connectivity index (χ2v) is 6.55. The van der Waals surface area contributed by atoms with Gasteiger partial charge in [0.05, 0.1) is 20.5 Å². The van der Waals surface area contributed by atoms with Gasteiger partial charge in [-0.25, -0.2) is 4.39 Å². The van der Waals surface area contributed by atoms with E-state index in [9.17, 15) is 9.18 Å². The van der Waals surface area contributed by atoms with Crippen LogP contribution in [0.1, 0.15) is 48.7 Å². The lowest BCUT2D eigenvalue weighted by molar-refractivity contribution is 0.0764. The number of rotatable bonds is 3. The van der Waals surface area contributed by atoms with Gasteiger partial charge in [-0.15, -0.1) is 0 Å². The summed E-state index contributed by atoms with van der Waals surface area (Å²) >= 11 is 3.31. The summed E-state index contributed by atoms with van der Waals surface area (Å²) in [4.78, 5) is 17.7. The van der Waals surface area contributed by atoms with E-state index in [1.165, 1.54) is 12.3 Å². The van der Waals surface area contributed by atoms with Crippen LogP contribution in [-0.2, 0) is 13.0 Å². The van der Waals surface area contributed by atoms with Crippen molar-refractivity contribution in [3.63, 3.8) is 0 Å². The van der Waals surface area contributed by atoms with Crippen molar-refractivity contribution in [1.29, 1.82) is 0 Å². The molecule has 2 aromatic rings. The third kappa shape index (κ3) is 2.33. The van der Waals surface area contributed by atoms with Gasteiger partial charge in [-0.3, -0.25) is 9.78 Å². The highest BCUT2D eigenvalue weighted by molar-refractivity contribution is 9.10. The fraction of sp³-hybridized carbons (Fsp3) is 0.294. The zero-order valence-corrected chi connectivity index (χ0v) is 13.2. The maximum atomic E-state index is 14.6. The molecule has 3 nitrogen and oxygen atoms in total. The van der Waals surface area contributed by atoms with Crippen LogP contribution in [0.15, 0.2) is 34.9 Å². The van der Waals surface area contributed by atoms with E-state index in [2.05, 4.69) is 20.9 Å². The van der Waals surface area contributed by atoms with E-state index >= 15 is 0 Å². The zero-order valence-electron chi connectivity index (χ0n) is 13.6. The van der Waals surface area contributed by atoms with Crippen molar-refractivity contribution in [1.82, 2.24) is 9.88 Å². The van der Waals surface area contributed by atoms with Crippen LogP contribution in [0.2, 0.25) is 0 Å². The Hall–Kier alpha value is -1.75. The monoisotopic (exact) mass is 362 g/mol. The van der Waals surface area contributed by atoms with Crippen LogP contribution in [0.4, 0.5) is 4.39 Å². The van der Waals surface area contributed by atoms with Crippen LogP contribution >= 0.6 is 15.9 Å². The number of carbonyl (C=O) groups is 1. The molecule has 112 valence electrons. The number of nitrogens with zero attached hydrogens (tertiary/aromatic N) is 2. The number of pyridine rings is 1. The van der Waals surface area contributed by atoms with Gasteiger partial charge in [0, 0.05) is 22.8 Å². The molecule has 0 bridgehead atoms. The molecular weight excluding hydrogens is 347 g/mol. The molecule has 1 aromatic heterocycles. The molecule has 2 aliphatic rings. The van der Waals surface area contributed by atoms with Crippen molar-refractivity contribution in [3.8, 4) is 0 Å². The van der Waals surface area contributed by atoms with Gasteiger partial charge >= 0.3 is 0 Å². The third-order valence-electron chi connectivity index (χ3n) is 4.05. The molecule has 1 amide bonds. The molecule has 1 aliphatic carbocycles. The Kier molecular flexibility index (Phi) is 2.76. The molecule has 2 heterocycles. The highest BCUT2D eigenvalue weighted by atomic mass is 79.9. The zero-order chi connectivity index (χ0) is 17.1. The average molecular weight is 363 g/mol. The summed E-state index contributed by atoms with van der Waals surface area (Å²) in [6.07, 6.45) is 3.44. The summed E-state index contributed by atoms with van der Waals surface area (Å²) in [7, 11) is 0. The second kappa shape index (κ2) is 5.16. The Bertz CT molecular complexity index is 854. The molecule has 0 atom stereocenters. The highest BCUT2D eigenvalue weighted by Gasteiger charge is 2.32. The maximum absolute atomic E-state index is 14.6. The van der Waals surface area contributed by atoms with Gasteiger partial charge in [0.15, 0.2) is 0 Å². The number of fused-ring (bicyclic) bond motifs is 1. The molecule has 22 heavy (non-hydrogen) atoms. The quantitative estimate of drug-likeness (QED) is 0.826. The van der Waals surface area contributed by atoms with Crippen molar-refractivity contribution >= 4 is 21.8 Å². The minimum absolute atomic E-state index is 0.0977. The molecule has 0 unspecified atom stereocenters. The second-order valence-electron chi connectivity index (χ2n) is 5.63. The van der Waals surface area contributed by atoms with Gasteiger partial charge in [-0.2, -0.15) is 0 Å². The molecule has 0 N–H and O–H groups in total. The Labute approximate surface area is 139 Å². The third-order valence-corrected chi connectivity index (χ3v) is 4.51. The lowest BCUT2D eigenvalue weighted by Gasteiger charge is -2.19. The minimum atomic E-state index is -2.05. The molecule has 0 saturated heterocycles. The normalized spacial score (nSPS) is 20.6. The summed E-state index contributed by atoms with van der Waals surface area (Å²) in [5, 5.41) is 0. The van der Waals surface area contributed by atoms with Crippen LogP contribution in [0.25, 0.3) is 0 Å². The number of amides is 1. The minimum Gasteiger partial charge on any atom is -0.328 e. The van der Waals surface area contributed by atoms with Crippen molar-refractivity contribution in [2.75, 3.05) is 0 Å². The van der Waals surface area contributed by atoms with E-state index in [0.29, 0.717) is 10.0 Å². The van der Waals surface area contributed by atoms with E-state index in [4.69, 9.17) is 2.74 Å². The predicted octanol–water partition coefficient (Wildman–Crippen LogP) is 4.02. The summed E-state index contributed by atoms with van der Waals surface area (Å²) in [5.41, 5.74) is 1.59. The Morgan fingerprint density at radius 3 is 3.00 bits per heavy atom. The summed E-state index contributed by atoms with van der Waals surface area (Å²) in [6.45, 7) is -2.15. The largest absolute Gasteiger partial charge is 0.328 e. The van der Waals surface area contributed by atoms with E-state index in [0.717, 1.165) is 23.3 Å². The van der Waals surface area contributed by atoms with E-state index in [1.807, 2.05) is 6.07 Å². The molecule has 0 spiro atoms. The van der Waals surface area contributed by atoms with E-state index in [-0.39, 0.29) is 23.7 Å². The smallest absolute Gasteiger partial charge is 0.256 e. The first-order valence-electron chi connectivity index (χ1n) is 8.15.